The van der Waals surface area contributed by atoms with Gasteiger partial charge in [0, 0.05) is 18.7 Å². The molecule has 0 bridgehead atoms. The van der Waals surface area contributed by atoms with Gasteiger partial charge >= 0.3 is 6.18 Å². The molecule has 1 fully saturated rings. The zero-order valence-corrected chi connectivity index (χ0v) is 15.8. The summed E-state index contributed by atoms with van der Waals surface area (Å²) >= 11 is 11.8. The summed E-state index contributed by atoms with van der Waals surface area (Å²) in [6.45, 7) is 1.47. The van der Waals surface area contributed by atoms with Gasteiger partial charge in [-0.2, -0.15) is 13.2 Å². The molecule has 1 heterocycles. The van der Waals surface area contributed by atoms with Crippen molar-refractivity contribution in [2.45, 2.75) is 25.4 Å². The van der Waals surface area contributed by atoms with Crippen LogP contribution in [0.3, 0.4) is 0 Å². The van der Waals surface area contributed by atoms with Crippen LogP contribution in [0.4, 0.5) is 24.5 Å². The molecule has 1 N–H and O–H groups in total. The number of alkyl halides is 3. The molecular formula is C19H17Cl2F3N2O. The molecule has 3 rings (SSSR count). The minimum atomic E-state index is -4.50. The molecule has 144 valence electrons. The van der Waals surface area contributed by atoms with Crippen LogP contribution in [-0.4, -0.2) is 19.0 Å². The van der Waals surface area contributed by atoms with E-state index in [2.05, 4.69) is 5.32 Å². The Bertz CT molecular complexity index is 849. The van der Waals surface area contributed by atoms with Gasteiger partial charge in [-0.05, 0) is 55.7 Å². The number of nitrogens with zero attached hydrogens (tertiary/aromatic N) is 1. The first kappa shape index (κ1) is 19.8. The summed E-state index contributed by atoms with van der Waals surface area (Å²) in [4.78, 5) is 14.6. The summed E-state index contributed by atoms with van der Waals surface area (Å²) in [6, 6.07) is 7.75. The second-order valence-corrected chi connectivity index (χ2v) is 7.17. The molecule has 1 amide bonds. The Balaban J connectivity index is 1.94. The van der Waals surface area contributed by atoms with Crippen molar-refractivity contribution in [1.29, 1.82) is 0 Å². The summed E-state index contributed by atoms with van der Waals surface area (Å²) in [5.74, 6) is -0.550. The van der Waals surface area contributed by atoms with Gasteiger partial charge in [0.25, 0.3) is 5.91 Å². The van der Waals surface area contributed by atoms with Crippen LogP contribution in [0.25, 0.3) is 0 Å². The number of benzene rings is 2. The van der Waals surface area contributed by atoms with Gasteiger partial charge in [0.15, 0.2) is 0 Å². The fourth-order valence-electron chi connectivity index (χ4n) is 3.05. The lowest BCUT2D eigenvalue weighted by Crippen LogP contribution is -2.30. The number of halogens is 5. The highest BCUT2D eigenvalue weighted by molar-refractivity contribution is 6.42. The minimum Gasteiger partial charge on any atom is -0.370 e. The number of hydrogen-bond acceptors (Lipinski definition) is 2. The van der Waals surface area contributed by atoms with Crippen LogP contribution < -0.4 is 10.2 Å². The van der Waals surface area contributed by atoms with Crippen LogP contribution in [0, 0.1) is 0 Å². The molecule has 0 atom stereocenters. The normalized spacial score (nSPS) is 14.9. The Hall–Kier alpha value is -1.92. The van der Waals surface area contributed by atoms with E-state index in [0.29, 0.717) is 10.7 Å². The predicted molar refractivity (Wildman–Crippen MR) is 102 cm³/mol. The quantitative estimate of drug-likeness (QED) is 0.640. The molecule has 0 saturated carbocycles. The van der Waals surface area contributed by atoms with Crippen LogP contribution in [0.5, 0.6) is 0 Å². The van der Waals surface area contributed by atoms with Gasteiger partial charge in [0.05, 0.1) is 27.0 Å². The third-order valence-electron chi connectivity index (χ3n) is 4.45. The standard InChI is InChI=1S/C19H17Cl2F3N2O/c20-14-6-4-12(10-15(14)21)18(27)25-16-11-13(19(22,23)24)5-7-17(16)26-8-2-1-3-9-26/h4-7,10-11H,1-3,8-9H2,(H,25,27). The Labute approximate surface area is 165 Å². The molecule has 2 aromatic carbocycles. The third-order valence-corrected chi connectivity index (χ3v) is 5.19. The van der Waals surface area contributed by atoms with Crippen molar-refractivity contribution in [2.24, 2.45) is 0 Å². The molecule has 1 aliphatic heterocycles. The Kier molecular flexibility index (Phi) is 5.86. The molecule has 1 saturated heterocycles. The molecular weight excluding hydrogens is 400 g/mol. The van der Waals surface area contributed by atoms with Crippen molar-refractivity contribution in [2.75, 3.05) is 23.3 Å². The highest BCUT2D eigenvalue weighted by Crippen LogP contribution is 2.36. The summed E-state index contributed by atoms with van der Waals surface area (Å²) < 4.78 is 39.4. The molecule has 27 heavy (non-hydrogen) atoms. The number of amides is 1. The van der Waals surface area contributed by atoms with Crippen molar-refractivity contribution >= 4 is 40.5 Å². The zero-order valence-electron chi connectivity index (χ0n) is 14.2. The van der Waals surface area contributed by atoms with Gasteiger partial charge in [-0.3, -0.25) is 4.79 Å². The lowest BCUT2D eigenvalue weighted by atomic mass is 10.1. The average Bonchev–Trinajstić information content (AvgIpc) is 2.64. The summed E-state index contributed by atoms with van der Waals surface area (Å²) in [7, 11) is 0. The third kappa shape index (κ3) is 4.68. The maximum Gasteiger partial charge on any atom is 0.416 e. The highest BCUT2D eigenvalue weighted by Gasteiger charge is 2.32. The zero-order chi connectivity index (χ0) is 19.6. The molecule has 2 aromatic rings. The van der Waals surface area contributed by atoms with Gasteiger partial charge in [0.1, 0.15) is 0 Å². The fraction of sp³-hybridized carbons (Fsp3) is 0.316. The van der Waals surface area contributed by atoms with E-state index in [1.54, 1.807) is 0 Å². The number of anilines is 2. The van der Waals surface area contributed by atoms with E-state index in [0.717, 1.165) is 44.5 Å². The van der Waals surface area contributed by atoms with Crippen molar-refractivity contribution < 1.29 is 18.0 Å². The lowest BCUT2D eigenvalue weighted by molar-refractivity contribution is -0.137. The molecule has 0 spiro atoms. The van der Waals surface area contributed by atoms with Gasteiger partial charge in [0.2, 0.25) is 0 Å². The minimum absolute atomic E-state index is 0.128. The van der Waals surface area contributed by atoms with Crippen molar-refractivity contribution in [3.63, 3.8) is 0 Å². The number of piperidine rings is 1. The molecule has 0 aliphatic carbocycles. The molecule has 3 nitrogen and oxygen atoms in total. The Morgan fingerprint density at radius 3 is 2.30 bits per heavy atom. The number of rotatable bonds is 3. The van der Waals surface area contributed by atoms with Gasteiger partial charge in [-0.15, -0.1) is 0 Å². The lowest BCUT2D eigenvalue weighted by Gasteiger charge is -2.31. The second-order valence-electron chi connectivity index (χ2n) is 6.36. The van der Waals surface area contributed by atoms with Crippen molar-refractivity contribution in [3.8, 4) is 0 Å². The first-order chi connectivity index (χ1) is 12.8. The van der Waals surface area contributed by atoms with Crippen LogP contribution in [-0.2, 0) is 6.18 Å². The maximum atomic E-state index is 13.1. The van der Waals surface area contributed by atoms with E-state index in [1.165, 1.54) is 24.3 Å². The fourth-order valence-corrected chi connectivity index (χ4v) is 3.35. The summed E-state index contributed by atoms with van der Waals surface area (Å²) in [5, 5.41) is 3.09. The Morgan fingerprint density at radius 2 is 1.67 bits per heavy atom. The molecule has 1 aliphatic rings. The molecule has 0 radical (unpaired) electrons. The number of carbonyl (C=O) groups excluding carboxylic acids is 1. The van der Waals surface area contributed by atoms with Gasteiger partial charge < -0.3 is 10.2 Å². The first-order valence-corrected chi connectivity index (χ1v) is 9.24. The number of nitrogens with one attached hydrogen (secondary N) is 1. The van der Waals surface area contributed by atoms with Crippen LogP contribution in [0.1, 0.15) is 35.2 Å². The average molecular weight is 417 g/mol. The summed E-state index contributed by atoms with van der Waals surface area (Å²) in [5.41, 5.74) is 0.109. The van der Waals surface area contributed by atoms with Gasteiger partial charge in [-0.25, -0.2) is 0 Å². The van der Waals surface area contributed by atoms with E-state index < -0.39 is 17.6 Å². The molecule has 0 unspecified atom stereocenters. The number of carbonyl (C=O) groups is 1. The number of hydrogen-bond donors (Lipinski definition) is 1. The largest absolute Gasteiger partial charge is 0.416 e. The molecule has 8 heteroatoms. The van der Waals surface area contributed by atoms with Crippen LogP contribution >= 0.6 is 23.2 Å². The van der Waals surface area contributed by atoms with E-state index in [1.807, 2.05) is 4.90 Å². The van der Waals surface area contributed by atoms with E-state index >= 15 is 0 Å². The maximum absolute atomic E-state index is 13.1. The van der Waals surface area contributed by atoms with Crippen molar-refractivity contribution in [3.05, 3.63) is 57.6 Å². The van der Waals surface area contributed by atoms with Crippen LogP contribution in [0.15, 0.2) is 36.4 Å². The van der Waals surface area contributed by atoms with Crippen LogP contribution in [0.2, 0.25) is 10.0 Å². The highest BCUT2D eigenvalue weighted by atomic mass is 35.5. The SMILES string of the molecule is O=C(Nc1cc(C(F)(F)F)ccc1N1CCCCC1)c1ccc(Cl)c(Cl)c1. The molecule has 0 aromatic heterocycles. The van der Waals surface area contributed by atoms with E-state index in [4.69, 9.17) is 23.2 Å². The smallest absolute Gasteiger partial charge is 0.370 e. The van der Waals surface area contributed by atoms with Crippen molar-refractivity contribution in [1.82, 2.24) is 0 Å². The second kappa shape index (κ2) is 7.98. The topological polar surface area (TPSA) is 32.3 Å². The predicted octanol–water partition coefficient (Wildman–Crippen LogP) is 6.25. The monoisotopic (exact) mass is 416 g/mol. The summed E-state index contributed by atoms with van der Waals surface area (Å²) in [6.07, 6.45) is -1.49. The van der Waals surface area contributed by atoms with E-state index in [9.17, 15) is 18.0 Å². The first-order valence-electron chi connectivity index (χ1n) is 8.48. The van der Waals surface area contributed by atoms with Gasteiger partial charge in [-0.1, -0.05) is 23.2 Å². The van der Waals surface area contributed by atoms with E-state index in [-0.39, 0.29) is 16.3 Å². The Morgan fingerprint density at radius 1 is 0.963 bits per heavy atom.